The second-order valence-corrected chi connectivity index (χ2v) is 7.92. The summed E-state index contributed by atoms with van der Waals surface area (Å²) in [4.78, 5) is 18.7. The topological polar surface area (TPSA) is 88.5 Å². The van der Waals surface area contributed by atoms with Gasteiger partial charge in [-0.25, -0.2) is 4.79 Å². The Balaban J connectivity index is 0.00000210. The number of aromatic carboxylic acids is 1. The van der Waals surface area contributed by atoms with Crippen molar-refractivity contribution < 1.29 is 44.6 Å². The van der Waals surface area contributed by atoms with Gasteiger partial charge in [-0.2, -0.15) is 0 Å². The molecule has 5 nitrogen and oxygen atoms in total. The molecule has 0 unspecified atom stereocenters. The maximum Gasteiger partial charge on any atom is 1.00 e. The smallest absolute Gasteiger partial charge is 0.859 e. The van der Waals surface area contributed by atoms with Gasteiger partial charge in [0, 0.05) is 21.5 Å². The molecular weight excluding hydrogens is 398 g/mol. The van der Waals surface area contributed by atoms with Crippen LogP contribution in [0.1, 0.15) is 41.7 Å². The van der Waals surface area contributed by atoms with Crippen LogP contribution in [-0.4, -0.2) is 28.0 Å². The van der Waals surface area contributed by atoms with Crippen molar-refractivity contribution in [3.8, 4) is 0 Å². The molecule has 1 aromatic carbocycles. The summed E-state index contributed by atoms with van der Waals surface area (Å²) in [5.41, 5.74) is 0.829. The van der Waals surface area contributed by atoms with E-state index in [0.29, 0.717) is 38.3 Å². The zero-order valence-corrected chi connectivity index (χ0v) is 18.3. The van der Waals surface area contributed by atoms with E-state index in [-0.39, 0.29) is 47.2 Å². The summed E-state index contributed by atoms with van der Waals surface area (Å²) in [6, 6.07) is 3.26. The fourth-order valence-corrected chi connectivity index (χ4v) is 4.93. The number of aromatic amines is 1. The molecule has 27 heavy (non-hydrogen) atoms. The number of hydrogen-bond donors (Lipinski definition) is 2. The van der Waals surface area contributed by atoms with E-state index in [1.54, 1.807) is 12.1 Å². The number of fused-ring (bicyclic) bond motifs is 3. The van der Waals surface area contributed by atoms with Gasteiger partial charge in [0.2, 0.25) is 0 Å². The van der Waals surface area contributed by atoms with Crippen molar-refractivity contribution in [2.24, 2.45) is 16.8 Å². The van der Waals surface area contributed by atoms with Gasteiger partial charge in [0.25, 0.3) is 0 Å². The minimum Gasteiger partial charge on any atom is -0.859 e. The molecule has 3 atom stereocenters. The first kappa shape index (κ1) is 20.7. The zero-order valence-electron chi connectivity index (χ0n) is 14.8. The normalized spacial score (nSPS) is 24.7. The first-order valence-electron chi connectivity index (χ1n) is 8.59. The van der Waals surface area contributed by atoms with Crippen LogP contribution in [0.5, 0.6) is 0 Å². The van der Waals surface area contributed by atoms with E-state index >= 15 is 0 Å². The third kappa shape index (κ3) is 4.08. The quantitative estimate of drug-likeness (QED) is 0.446. The van der Waals surface area contributed by atoms with E-state index < -0.39 is 5.97 Å². The van der Waals surface area contributed by atoms with E-state index in [1.165, 1.54) is 25.0 Å². The molecule has 1 aromatic heterocycles. The predicted octanol–water partition coefficient (Wildman–Crippen LogP) is 1.14. The predicted molar refractivity (Wildman–Crippen MR) is 101 cm³/mol. The third-order valence-corrected chi connectivity index (χ3v) is 5.97. The zero-order chi connectivity index (χ0) is 18.4. The fraction of sp³-hybridized carbons (Fsp3) is 0.368. The number of aliphatic imine (C=N–C) groups is 1. The Labute approximate surface area is 188 Å². The summed E-state index contributed by atoms with van der Waals surface area (Å²) in [5, 5.41) is 23.0. The second kappa shape index (κ2) is 8.18. The number of benzene rings is 1. The molecule has 0 saturated heterocycles. The number of nitrogens with one attached hydrogen (secondary N) is 1. The third-order valence-electron chi connectivity index (χ3n) is 5.45. The average Bonchev–Trinajstić information content (AvgIpc) is 3.26. The van der Waals surface area contributed by atoms with Crippen LogP contribution in [-0.2, 0) is 0 Å². The summed E-state index contributed by atoms with van der Waals surface area (Å²) in [5.74, 6) is -0.234. The van der Waals surface area contributed by atoms with E-state index in [4.69, 9.17) is 23.2 Å². The standard InChI is InChI=1S/C19H18Cl2N2O3.Na/c20-11-7-13(21)17-12(18(19(25)26)23-15(17)8-11)3-4-16(24)22-14-6-9-1-2-10(14)5-9;/h3-4,7-10,14,23H,1-2,5-6H2,(H,22,24)(H,25,26);/q;+1/p-1/b4-3+;/t9-,10+,14+;/m1./s1. The molecule has 2 aliphatic carbocycles. The molecule has 0 spiro atoms. The van der Waals surface area contributed by atoms with Crippen molar-refractivity contribution in [2.75, 3.05) is 0 Å². The Kier molecular flexibility index (Phi) is 6.28. The van der Waals surface area contributed by atoms with Crippen LogP contribution in [0.2, 0.25) is 10.0 Å². The van der Waals surface area contributed by atoms with Crippen LogP contribution in [0.25, 0.3) is 17.0 Å². The van der Waals surface area contributed by atoms with Crippen LogP contribution in [0.4, 0.5) is 0 Å². The summed E-state index contributed by atoms with van der Waals surface area (Å²) in [7, 11) is 0. The van der Waals surface area contributed by atoms with Gasteiger partial charge in [-0.05, 0) is 49.1 Å². The molecule has 1 heterocycles. The molecule has 0 amide bonds. The number of carboxylic acids is 1. The van der Waals surface area contributed by atoms with Gasteiger partial charge < -0.3 is 15.2 Å². The fourth-order valence-electron chi connectivity index (χ4n) is 4.34. The molecule has 2 aromatic rings. The van der Waals surface area contributed by atoms with Crippen molar-refractivity contribution >= 4 is 52.0 Å². The SMILES string of the molecule is O=C(O)c1[nH]c2cc(Cl)cc(Cl)c2c1/C=C/C([O-])=N[C@H]1C[C@@H]2CC[C@H]1C2.[Na+]. The van der Waals surface area contributed by atoms with Gasteiger partial charge in [0.1, 0.15) is 5.69 Å². The van der Waals surface area contributed by atoms with Crippen molar-refractivity contribution in [1.82, 2.24) is 4.98 Å². The number of halogens is 2. The summed E-state index contributed by atoms with van der Waals surface area (Å²) >= 11 is 12.2. The maximum atomic E-state index is 12.3. The van der Waals surface area contributed by atoms with Gasteiger partial charge in [0.05, 0.1) is 11.1 Å². The summed E-state index contributed by atoms with van der Waals surface area (Å²) < 4.78 is 0. The van der Waals surface area contributed by atoms with Crippen molar-refractivity contribution in [2.45, 2.75) is 31.7 Å². The Morgan fingerprint density at radius 3 is 2.70 bits per heavy atom. The molecule has 8 heteroatoms. The van der Waals surface area contributed by atoms with Crippen molar-refractivity contribution in [1.29, 1.82) is 0 Å². The Morgan fingerprint density at radius 2 is 2.07 bits per heavy atom. The van der Waals surface area contributed by atoms with E-state index in [9.17, 15) is 15.0 Å². The van der Waals surface area contributed by atoms with Crippen LogP contribution < -0.4 is 34.7 Å². The minimum absolute atomic E-state index is 0. The van der Waals surface area contributed by atoms with Crippen LogP contribution >= 0.6 is 23.2 Å². The molecule has 0 aliphatic heterocycles. The largest absolute Gasteiger partial charge is 1.00 e. The number of rotatable bonds is 4. The van der Waals surface area contributed by atoms with E-state index in [1.807, 2.05) is 0 Å². The van der Waals surface area contributed by atoms with Gasteiger partial charge in [0.15, 0.2) is 0 Å². The van der Waals surface area contributed by atoms with Crippen molar-refractivity contribution in [3.05, 3.63) is 39.5 Å². The summed E-state index contributed by atoms with van der Waals surface area (Å²) in [6.07, 6.45) is 7.36. The van der Waals surface area contributed by atoms with Crippen molar-refractivity contribution in [3.63, 3.8) is 0 Å². The number of carboxylic acid groups (broad SMARTS) is 1. The Bertz CT molecular complexity index is 954. The van der Waals surface area contributed by atoms with E-state index in [2.05, 4.69) is 9.98 Å². The van der Waals surface area contributed by atoms with Gasteiger partial charge in [-0.15, -0.1) is 0 Å². The number of H-pyrrole nitrogens is 1. The molecule has 2 bridgehead atoms. The number of aromatic nitrogens is 1. The maximum absolute atomic E-state index is 12.3. The van der Waals surface area contributed by atoms with Gasteiger partial charge in [-0.1, -0.05) is 41.8 Å². The van der Waals surface area contributed by atoms with Gasteiger partial charge in [-0.3, -0.25) is 4.99 Å². The molecule has 2 N–H and O–H groups in total. The van der Waals surface area contributed by atoms with Crippen LogP contribution in [0.3, 0.4) is 0 Å². The number of hydrogen-bond acceptors (Lipinski definition) is 3. The molecular formula is C19H17Cl2N2NaO3. The second-order valence-electron chi connectivity index (χ2n) is 7.07. The monoisotopic (exact) mass is 414 g/mol. The first-order chi connectivity index (χ1) is 12.4. The minimum atomic E-state index is -1.13. The van der Waals surface area contributed by atoms with E-state index in [0.717, 1.165) is 12.8 Å². The first-order valence-corrected chi connectivity index (χ1v) is 9.35. The molecule has 4 rings (SSSR count). The Morgan fingerprint density at radius 1 is 1.30 bits per heavy atom. The average molecular weight is 415 g/mol. The molecule has 136 valence electrons. The number of nitrogens with zero attached hydrogens (tertiary/aromatic N) is 1. The summed E-state index contributed by atoms with van der Waals surface area (Å²) in [6.45, 7) is 0. The number of carbonyl (C=O) groups is 1. The van der Waals surface area contributed by atoms with Crippen LogP contribution in [0, 0.1) is 11.8 Å². The molecule has 2 saturated carbocycles. The van der Waals surface area contributed by atoms with Gasteiger partial charge >= 0.3 is 35.5 Å². The molecule has 0 radical (unpaired) electrons. The Hall–Kier alpha value is -0.980. The van der Waals surface area contributed by atoms with Crippen LogP contribution in [0.15, 0.2) is 23.2 Å². The molecule has 2 fully saturated rings. The molecule has 2 aliphatic rings.